The van der Waals surface area contributed by atoms with Gasteiger partial charge in [0, 0.05) is 91.2 Å². The normalized spacial score (nSPS) is 19.3. The van der Waals surface area contributed by atoms with Crippen molar-refractivity contribution in [2.75, 3.05) is 112 Å². The smallest absolute Gasteiger partial charge is 0.254 e. The van der Waals surface area contributed by atoms with Crippen molar-refractivity contribution in [1.82, 2.24) is 39.7 Å². The number of ether oxygens (including phenoxy) is 6. The molecule has 1 fully saturated rings. The number of fused-ring (bicyclic) bond motifs is 5. The predicted octanol–water partition coefficient (Wildman–Crippen LogP) is 9.33. The Kier molecular flexibility index (Phi) is 22.2. The highest BCUT2D eigenvalue weighted by molar-refractivity contribution is 6.30. The lowest BCUT2D eigenvalue weighted by atomic mass is 9.71. The fraction of sp³-hybridized carbons (Fsp3) is 0.463. The van der Waals surface area contributed by atoms with E-state index in [9.17, 15) is 24.3 Å². The van der Waals surface area contributed by atoms with Crippen molar-refractivity contribution in [2.24, 2.45) is 4.99 Å². The van der Waals surface area contributed by atoms with Gasteiger partial charge in [0.25, 0.3) is 5.91 Å². The van der Waals surface area contributed by atoms with Gasteiger partial charge >= 0.3 is 0 Å². The third kappa shape index (κ3) is 15.2. The maximum atomic E-state index is 14.5. The summed E-state index contributed by atoms with van der Waals surface area (Å²) in [5.74, 6) is 0.436. The van der Waals surface area contributed by atoms with Crippen LogP contribution in [0.25, 0.3) is 11.1 Å². The second-order valence-electron chi connectivity index (χ2n) is 23.9. The average Bonchev–Trinajstić information content (AvgIpc) is 1.52. The zero-order valence-electron chi connectivity index (χ0n) is 52.6. The number of amidine groups is 1. The van der Waals surface area contributed by atoms with Gasteiger partial charge in [0.05, 0.1) is 89.3 Å². The number of aliphatic hydroxyl groups excluding tert-OH is 1. The van der Waals surface area contributed by atoms with E-state index in [0.29, 0.717) is 110 Å². The number of piperazine rings is 1. The largest absolute Gasteiger partial charge is 0.493 e. The topological polar surface area (TPSA) is 228 Å². The van der Waals surface area contributed by atoms with E-state index in [-0.39, 0.29) is 66.8 Å². The number of hydrogen-bond donors (Lipinski definition) is 3. The predicted molar refractivity (Wildman–Crippen MR) is 343 cm³/mol. The van der Waals surface area contributed by atoms with Gasteiger partial charge in [-0.2, -0.15) is 10.4 Å². The minimum Gasteiger partial charge on any atom is -0.493 e. The zero-order valence-corrected chi connectivity index (χ0v) is 54.1. The van der Waals surface area contributed by atoms with Gasteiger partial charge in [0.15, 0.2) is 23.6 Å². The number of nitriles is 1. The summed E-state index contributed by atoms with van der Waals surface area (Å²) in [5.41, 5.74) is 10.1. The van der Waals surface area contributed by atoms with Gasteiger partial charge in [0.2, 0.25) is 5.91 Å². The Morgan fingerprint density at radius 3 is 2.12 bits per heavy atom. The third-order valence-electron chi connectivity index (χ3n) is 17.0. The highest BCUT2D eigenvalue weighted by Gasteiger charge is 2.60. The van der Waals surface area contributed by atoms with Crippen molar-refractivity contribution in [3.05, 3.63) is 158 Å². The Hall–Kier alpha value is -7.23. The highest BCUT2D eigenvalue weighted by atomic mass is 35.5. The number of nitrogens with one attached hydrogen (secondary N) is 1. The molecule has 1 unspecified atom stereocenters. The Morgan fingerprint density at radius 1 is 0.867 bits per heavy atom. The first-order valence-electron chi connectivity index (χ1n) is 30.5. The molecule has 6 aromatic rings. The van der Waals surface area contributed by atoms with Gasteiger partial charge in [0.1, 0.15) is 35.1 Å². The molecule has 0 aliphatic carbocycles. The molecule has 480 valence electrons. The molecule has 23 heteroatoms. The number of amides is 2. The van der Waals surface area contributed by atoms with Crippen LogP contribution in [-0.2, 0) is 53.3 Å². The molecule has 5 heterocycles. The van der Waals surface area contributed by atoms with E-state index in [1.165, 1.54) is 29.3 Å². The van der Waals surface area contributed by atoms with Crippen LogP contribution >= 0.6 is 23.2 Å². The average molecular weight is 1280 g/mol. The van der Waals surface area contributed by atoms with Crippen LogP contribution in [0.1, 0.15) is 111 Å². The van der Waals surface area contributed by atoms with Crippen LogP contribution in [0.4, 0.5) is 10.2 Å². The third-order valence-corrected chi connectivity index (χ3v) is 17.5. The summed E-state index contributed by atoms with van der Waals surface area (Å²) < 4.78 is 51.7. The lowest BCUT2D eigenvalue weighted by Gasteiger charge is -2.51. The summed E-state index contributed by atoms with van der Waals surface area (Å²) in [5, 5.41) is 31.8. The molecule has 2 bridgehead atoms. The van der Waals surface area contributed by atoms with Gasteiger partial charge in [-0.3, -0.25) is 29.1 Å². The molecule has 3 aliphatic heterocycles. The van der Waals surface area contributed by atoms with E-state index in [2.05, 4.69) is 89.0 Å². The Morgan fingerprint density at radius 2 is 1.49 bits per heavy atom. The van der Waals surface area contributed by atoms with Crippen molar-refractivity contribution >= 4 is 46.7 Å². The maximum Gasteiger partial charge on any atom is 0.254 e. The van der Waals surface area contributed by atoms with Gasteiger partial charge in [-0.15, -0.1) is 0 Å². The summed E-state index contributed by atoms with van der Waals surface area (Å²) in [7, 11) is 1.61. The first kappa shape index (κ1) is 67.2. The minimum atomic E-state index is -1.07. The van der Waals surface area contributed by atoms with Crippen molar-refractivity contribution in [3.8, 4) is 28.7 Å². The molecule has 3 aliphatic rings. The van der Waals surface area contributed by atoms with Crippen LogP contribution in [-0.4, -0.2) is 169 Å². The van der Waals surface area contributed by atoms with Crippen molar-refractivity contribution in [1.29, 1.82) is 5.26 Å². The lowest BCUT2D eigenvalue weighted by molar-refractivity contribution is -0.136. The van der Waals surface area contributed by atoms with E-state index in [0.717, 1.165) is 41.9 Å². The Bertz CT molecular complexity index is 3540. The molecule has 2 aromatic heterocycles. The number of aliphatic imine (C=N–C) groups is 1. The first-order valence-corrected chi connectivity index (χ1v) is 31.3. The number of nitrogens with two attached hydrogens (primary N) is 1. The number of halogens is 3. The number of hydrogen-bond acceptors (Lipinski definition) is 17. The van der Waals surface area contributed by atoms with Gasteiger partial charge in [-0.1, -0.05) is 74.3 Å². The Labute approximate surface area is 536 Å². The van der Waals surface area contributed by atoms with Crippen molar-refractivity contribution < 1.29 is 47.5 Å². The summed E-state index contributed by atoms with van der Waals surface area (Å²) >= 11 is 13.0. The number of nitrogens with zero attached hydrogens (tertiary/aromatic N) is 9. The van der Waals surface area contributed by atoms with E-state index in [1.807, 2.05) is 55.5 Å². The second kappa shape index (κ2) is 29.8. The number of aliphatic hydroxyl groups is 1. The quantitative estimate of drug-likeness (QED) is 0.0454. The highest BCUT2D eigenvalue weighted by Crippen LogP contribution is 2.55. The number of rotatable bonds is 25. The fourth-order valence-corrected chi connectivity index (χ4v) is 12.0. The molecule has 20 nitrogen and oxygen atoms in total. The number of pyridine rings is 1. The monoisotopic (exact) mass is 1270 g/mol. The SMILES string of the molecule is CCOc1cc(C(C)(C)C)ccc1C1=N[C@](C)(c2ccc(Cl)cc2)[C@](C)(c2ccc(Cl)cc2)N1C(O)N1CCN(CCOCCOCCOCCOCCC(=O)NCCn2nc(C#N)c3c2CN(C)C(=O)c2ccc(F)cc2[C@@H](C)Oc2cc-3cnc2N)CC1. The van der Waals surface area contributed by atoms with Crippen LogP contribution in [0.3, 0.4) is 0 Å². The fourth-order valence-electron chi connectivity index (χ4n) is 11.7. The summed E-state index contributed by atoms with van der Waals surface area (Å²) in [6.45, 7) is 21.6. The number of aromatic nitrogens is 3. The number of benzene rings is 4. The molecule has 90 heavy (non-hydrogen) atoms. The van der Waals surface area contributed by atoms with Gasteiger partial charge in [-0.05, 0) is 110 Å². The second-order valence-corrected chi connectivity index (χ2v) is 24.8. The summed E-state index contributed by atoms with van der Waals surface area (Å²) in [4.78, 5) is 44.7. The van der Waals surface area contributed by atoms with E-state index >= 15 is 0 Å². The number of carbonyl (C=O) groups excluding carboxylic acids is 2. The van der Waals surface area contributed by atoms with Gasteiger partial charge < -0.3 is 54.4 Å². The van der Waals surface area contributed by atoms with E-state index in [1.54, 1.807) is 24.7 Å². The van der Waals surface area contributed by atoms with Crippen LogP contribution in [0.15, 0.2) is 102 Å². The van der Waals surface area contributed by atoms with Crippen molar-refractivity contribution in [2.45, 2.75) is 96.9 Å². The molecule has 0 spiro atoms. The van der Waals surface area contributed by atoms with E-state index < -0.39 is 35.3 Å². The lowest BCUT2D eigenvalue weighted by Crippen LogP contribution is -2.63. The molecular weight excluding hydrogens is 1190 g/mol. The number of nitrogen functional groups attached to an aromatic ring is 1. The first-order chi connectivity index (χ1) is 43.1. The van der Waals surface area contributed by atoms with Crippen LogP contribution in [0.5, 0.6) is 11.5 Å². The molecule has 1 saturated heterocycles. The van der Waals surface area contributed by atoms with Gasteiger partial charge in [-0.25, -0.2) is 9.37 Å². The molecule has 4 N–H and O–H groups in total. The molecular formula is C67H82Cl2FN11O9. The molecule has 4 atom stereocenters. The maximum absolute atomic E-state index is 14.5. The molecule has 2 amide bonds. The molecule has 0 saturated carbocycles. The van der Waals surface area contributed by atoms with Crippen molar-refractivity contribution in [3.63, 3.8) is 0 Å². The summed E-state index contributed by atoms with van der Waals surface area (Å²) in [6.07, 6.45) is -0.229. The molecule has 9 rings (SSSR count). The minimum absolute atomic E-state index is 0.0283. The van der Waals surface area contributed by atoms with Crippen LogP contribution in [0, 0.1) is 17.1 Å². The zero-order chi connectivity index (χ0) is 64.3. The number of anilines is 1. The Balaban J connectivity index is 0.686. The van der Waals surface area contributed by atoms with Crippen LogP contribution in [0.2, 0.25) is 10.0 Å². The number of carbonyl (C=O) groups is 2. The molecule has 4 aromatic carbocycles. The van der Waals surface area contributed by atoms with E-state index in [4.69, 9.17) is 62.3 Å². The summed E-state index contributed by atoms with van der Waals surface area (Å²) in [6, 6.07) is 29.6. The molecule has 0 radical (unpaired) electrons. The van der Waals surface area contributed by atoms with Crippen LogP contribution < -0.4 is 20.5 Å². The standard InChI is InChI=1S/C67H82Cl2FN11O9/c1-9-89-57-39-48(65(3,4)5)14-20-53(57)62-75-66(6,46-10-15-49(68)16-11-46)67(7,47-12-17-50(69)18-13-47)81(62)64(84)79-27-25-78(26-28-79)29-31-86-33-35-88-37-36-87-34-32-85-30-22-59(82)73-23-24-80-56-43-77(8)63(83)52-21-19-51(70)40-54(52)44(2)90-58-38-45(42-74-61(58)72)60(56)55(41-71)76-80/h10-21,38-40,42,44,64,84H,9,22-37,43H2,1-8H3,(H2,72,74)(H,73,82)/t44-,64?,66-,67+/m1/s1.